The number of aliphatic hydroxyl groups excluding tert-OH is 2. The second-order valence-electron chi connectivity index (χ2n) is 6.78. The second-order valence-corrected chi connectivity index (χ2v) is 6.78. The van der Waals surface area contributed by atoms with Crippen molar-refractivity contribution in [2.45, 2.75) is 65.8 Å². The molecule has 0 radical (unpaired) electrons. The van der Waals surface area contributed by atoms with Crippen LogP contribution in [0.2, 0.25) is 0 Å². The smallest absolute Gasteiger partial charge is 0.332 e. The summed E-state index contributed by atoms with van der Waals surface area (Å²) in [5.41, 5.74) is 0.258. The lowest BCUT2D eigenvalue weighted by Gasteiger charge is -2.13. The predicted molar refractivity (Wildman–Crippen MR) is 95.7 cm³/mol. The number of hydrogen-bond acceptors (Lipinski definition) is 5. The van der Waals surface area contributed by atoms with Crippen LogP contribution in [-0.4, -0.2) is 41.6 Å². The number of fused-ring (bicyclic) bond motifs is 1. The van der Waals surface area contributed by atoms with E-state index < -0.39 is 6.10 Å². The third-order valence-electron chi connectivity index (χ3n) is 4.24. The number of aromatic nitrogens is 4. The van der Waals surface area contributed by atoms with Gasteiger partial charge in [0.05, 0.1) is 19.0 Å². The summed E-state index contributed by atoms with van der Waals surface area (Å²) in [6.45, 7) is 6.96. The number of aliphatic hydroxyl groups is 2. The fourth-order valence-electron chi connectivity index (χ4n) is 2.97. The molecule has 2 N–H and O–H groups in total. The Morgan fingerprint density at radius 2 is 1.92 bits per heavy atom. The summed E-state index contributed by atoms with van der Waals surface area (Å²) in [7, 11) is 0. The maximum atomic E-state index is 12.8. The highest BCUT2D eigenvalue weighted by Gasteiger charge is 2.17. The molecule has 1 unspecified atom stereocenters. The molecule has 2 aromatic rings. The molecule has 0 aliphatic carbocycles. The zero-order valence-electron chi connectivity index (χ0n) is 15.2. The zero-order chi connectivity index (χ0) is 18.6. The van der Waals surface area contributed by atoms with Crippen molar-refractivity contribution in [2.75, 3.05) is 6.61 Å². The van der Waals surface area contributed by atoms with E-state index in [4.69, 9.17) is 5.11 Å². The normalized spacial score (nSPS) is 13.0. The molecule has 0 saturated carbocycles. The quantitative estimate of drug-likeness (QED) is 0.642. The second kappa shape index (κ2) is 8.44. The topological polar surface area (TPSA) is 102 Å². The molecule has 8 heteroatoms. The van der Waals surface area contributed by atoms with Crippen LogP contribution in [0.15, 0.2) is 15.9 Å². The van der Waals surface area contributed by atoms with Crippen LogP contribution in [0.1, 0.15) is 40.0 Å². The minimum absolute atomic E-state index is 0.185. The van der Waals surface area contributed by atoms with E-state index in [0.29, 0.717) is 37.2 Å². The first-order valence-corrected chi connectivity index (χ1v) is 8.88. The summed E-state index contributed by atoms with van der Waals surface area (Å²) < 4.78 is 4.61. The van der Waals surface area contributed by atoms with Gasteiger partial charge in [-0.05, 0) is 32.1 Å². The molecule has 0 aromatic carbocycles. The summed E-state index contributed by atoms with van der Waals surface area (Å²) in [6, 6.07) is 0. The van der Waals surface area contributed by atoms with E-state index in [1.807, 2.05) is 20.8 Å². The Bertz CT molecular complexity index is 818. The molecule has 0 aliphatic rings. The average Bonchev–Trinajstić information content (AvgIpc) is 2.99. The van der Waals surface area contributed by atoms with Gasteiger partial charge in [-0.15, -0.1) is 0 Å². The molecular weight excluding hydrogens is 324 g/mol. The van der Waals surface area contributed by atoms with Gasteiger partial charge >= 0.3 is 5.69 Å². The molecule has 0 saturated heterocycles. The Kier molecular flexibility index (Phi) is 6.55. The Morgan fingerprint density at radius 3 is 2.52 bits per heavy atom. The maximum absolute atomic E-state index is 12.8. The van der Waals surface area contributed by atoms with Crippen molar-refractivity contribution < 1.29 is 10.2 Å². The summed E-state index contributed by atoms with van der Waals surface area (Å²) in [6.07, 6.45) is 2.89. The van der Waals surface area contributed by atoms with Crippen molar-refractivity contribution in [3.63, 3.8) is 0 Å². The number of rotatable bonds is 9. The first-order chi connectivity index (χ1) is 11.9. The Balaban J connectivity index is 2.37. The van der Waals surface area contributed by atoms with E-state index >= 15 is 0 Å². The first-order valence-electron chi connectivity index (χ1n) is 8.88. The fourth-order valence-corrected chi connectivity index (χ4v) is 2.97. The van der Waals surface area contributed by atoms with Crippen LogP contribution in [0.25, 0.3) is 11.2 Å². The zero-order valence-corrected chi connectivity index (χ0v) is 15.2. The van der Waals surface area contributed by atoms with Gasteiger partial charge < -0.3 is 14.8 Å². The highest BCUT2D eigenvalue weighted by molar-refractivity contribution is 5.70. The summed E-state index contributed by atoms with van der Waals surface area (Å²) in [5.74, 6) is 0.185. The molecule has 1 atom stereocenters. The van der Waals surface area contributed by atoms with Gasteiger partial charge in [-0.3, -0.25) is 13.9 Å². The van der Waals surface area contributed by atoms with E-state index in [0.717, 1.165) is 12.8 Å². The highest BCUT2D eigenvalue weighted by atomic mass is 16.3. The third kappa shape index (κ3) is 4.19. The Morgan fingerprint density at radius 1 is 1.20 bits per heavy atom. The molecule has 0 bridgehead atoms. The minimum atomic E-state index is -0.701. The van der Waals surface area contributed by atoms with Gasteiger partial charge in [-0.25, -0.2) is 9.78 Å². The van der Waals surface area contributed by atoms with Gasteiger partial charge in [0.2, 0.25) is 0 Å². The summed E-state index contributed by atoms with van der Waals surface area (Å²) in [4.78, 5) is 29.7. The number of nitrogens with zero attached hydrogens (tertiary/aromatic N) is 4. The van der Waals surface area contributed by atoms with Crippen molar-refractivity contribution in [3.8, 4) is 0 Å². The van der Waals surface area contributed by atoms with Gasteiger partial charge in [-0.2, -0.15) is 0 Å². The molecule has 140 valence electrons. The predicted octanol–water partition coefficient (Wildman–Crippen LogP) is 0.559. The van der Waals surface area contributed by atoms with Gasteiger partial charge in [0.25, 0.3) is 5.56 Å². The number of imidazole rings is 1. The Labute approximate surface area is 146 Å². The van der Waals surface area contributed by atoms with Crippen molar-refractivity contribution in [1.82, 2.24) is 18.7 Å². The standard InChI is InChI=1S/C17H28N4O4/c1-4-20-15-14(16(24)21(17(20)25)9-12(2)3)19(11-18-15)8-6-5-7-13(23)10-22/h11-13,22-23H,4-10H2,1-3H3. The number of hydrogen-bond donors (Lipinski definition) is 2. The van der Waals surface area contributed by atoms with Gasteiger partial charge in [0.15, 0.2) is 11.2 Å². The summed E-state index contributed by atoms with van der Waals surface area (Å²) >= 11 is 0. The molecule has 25 heavy (non-hydrogen) atoms. The van der Waals surface area contributed by atoms with Crippen LogP contribution in [0.4, 0.5) is 0 Å². The van der Waals surface area contributed by atoms with E-state index in [1.54, 1.807) is 10.9 Å². The Hall–Kier alpha value is -1.93. The van der Waals surface area contributed by atoms with Crippen molar-refractivity contribution >= 4 is 11.2 Å². The molecule has 2 rings (SSSR count). The molecule has 0 fully saturated rings. The van der Waals surface area contributed by atoms with Crippen molar-refractivity contribution in [2.24, 2.45) is 5.92 Å². The lowest BCUT2D eigenvalue weighted by Crippen LogP contribution is -2.41. The molecule has 2 heterocycles. The first kappa shape index (κ1) is 19.4. The van der Waals surface area contributed by atoms with Gasteiger partial charge in [0.1, 0.15) is 0 Å². The third-order valence-corrected chi connectivity index (χ3v) is 4.24. The van der Waals surface area contributed by atoms with Crippen LogP contribution < -0.4 is 11.2 Å². The largest absolute Gasteiger partial charge is 0.394 e. The maximum Gasteiger partial charge on any atom is 0.332 e. The SMILES string of the molecule is CCn1c(=O)n(CC(C)C)c(=O)c2c1ncn2CCCCC(O)CO. The van der Waals surface area contributed by atoms with E-state index in [1.165, 1.54) is 9.13 Å². The van der Waals surface area contributed by atoms with E-state index in [-0.39, 0.29) is 23.8 Å². The summed E-state index contributed by atoms with van der Waals surface area (Å²) in [5, 5.41) is 18.2. The van der Waals surface area contributed by atoms with Crippen LogP contribution in [0.5, 0.6) is 0 Å². The van der Waals surface area contributed by atoms with E-state index in [2.05, 4.69) is 4.98 Å². The van der Waals surface area contributed by atoms with Gasteiger partial charge in [0, 0.05) is 19.6 Å². The minimum Gasteiger partial charge on any atom is -0.394 e. The molecule has 0 aliphatic heterocycles. The number of unbranched alkanes of at least 4 members (excludes halogenated alkanes) is 1. The lowest BCUT2D eigenvalue weighted by molar-refractivity contribution is 0.0859. The van der Waals surface area contributed by atoms with E-state index in [9.17, 15) is 14.7 Å². The van der Waals surface area contributed by atoms with Crippen LogP contribution >= 0.6 is 0 Å². The fraction of sp³-hybridized carbons (Fsp3) is 0.706. The monoisotopic (exact) mass is 352 g/mol. The molecule has 0 spiro atoms. The highest BCUT2D eigenvalue weighted by Crippen LogP contribution is 2.10. The van der Waals surface area contributed by atoms with Gasteiger partial charge in [-0.1, -0.05) is 13.8 Å². The van der Waals surface area contributed by atoms with Crippen LogP contribution in [-0.2, 0) is 19.6 Å². The molecular formula is C17H28N4O4. The number of aryl methyl sites for hydroxylation is 2. The average molecular weight is 352 g/mol. The van der Waals surface area contributed by atoms with Crippen LogP contribution in [0, 0.1) is 5.92 Å². The molecule has 0 amide bonds. The molecule has 2 aromatic heterocycles. The lowest BCUT2D eigenvalue weighted by atomic mass is 10.1. The van der Waals surface area contributed by atoms with Crippen LogP contribution in [0.3, 0.4) is 0 Å². The molecule has 8 nitrogen and oxygen atoms in total. The van der Waals surface area contributed by atoms with Crippen molar-refractivity contribution in [1.29, 1.82) is 0 Å². The van der Waals surface area contributed by atoms with Crippen molar-refractivity contribution in [3.05, 3.63) is 27.2 Å².